The van der Waals surface area contributed by atoms with E-state index in [-0.39, 0.29) is 12.6 Å². The first-order valence-corrected chi connectivity index (χ1v) is 6.99. The minimum absolute atomic E-state index is 0.135. The second kappa shape index (κ2) is 5.30. The highest BCUT2D eigenvalue weighted by Crippen LogP contribution is 2.29. The molecule has 90 valence electrons. The van der Waals surface area contributed by atoms with Crippen molar-refractivity contribution >= 4 is 11.3 Å². The van der Waals surface area contributed by atoms with Gasteiger partial charge in [0.25, 0.3) is 0 Å². The molecule has 1 aromatic rings. The van der Waals surface area contributed by atoms with E-state index in [0.29, 0.717) is 6.04 Å². The van der Waals surface area contributed by atoms with Crippen LogP contribution in [0, 0.1) is 12.8 Å². The average Bonchev–Trinajstić information content (AvgIpc) is 2.84. The molecule has 1 aliphatic rings. The van der Waals surface area contributed by atoms with Crippen LogP contribution in [-0.2, 0) is 0 Å². The highest BCUT2D eigenvalue weighted by Gasteiger charge is 2.24. The van der Waals surface area contributed by atoms with E-state index in [4.69, 9.17) is 0 Å². The summed E-state index contributed by atoms with van der Waals surface area (Å²) in [6.07, 6.45) is 3.82. The van der Waals surface area contributed by atoms with Gasteiger partial charge >= 0.3 is 0 Å². The molecule has 3 unspecified atom stereocenters. The van der Waals surface area contributed by atoms with Crippen molar-refractivity contribution in [3.05, 3.63) is 21.9 Å². The zero-order chi connectivity index (χ0) is 11.5. The summed E-state index contributed by atoms with van der Waals surface area (Å²) in [6, 6.07) is 2.85. The Morgan fingerprint density at radius 3 is 2.88 bits per heavy atom. The number of nitrogens with one attached hydrogen (secondary N) is 1. The lowest BCUT2D eigenvalue weighted by molar-refractivity contribution is 0.234. The van der Waals surface area contributed by atoms with Gasteiger partial charge in [-0.1, -0.05) is 6.92 Å². The van der Waals surface area contributed by atoms with Crippen LogP contribution in [-0.4, -0.2) is 17.8 Å². The van der Waals surface area contributed by atoms with Gasteiger partial charge in [-0.3, -0.25) is 0 Å². The molecular weight excluding hydrogens is 218 g/mol. The van der Waals surface area contributed by atoms with E-state index in [0.717, 1.165) is 5.92 Å². The van der Waals surface area contributed by atoms with Crippen molar-refractivity contribution in [1.29, 1.82) is 0 Å². The lowest BCUT2D eigenvalue weighted by Gasteiger charge is -2.21. The molecular formula is C13H21NOS. The van der Waals surface area contributed by atoms with Gasteiger partial charge in [0.15, 0.2) is 0 Å². The minimum Gasteiger partial charge on any atom is -0.394 e. The van der Waals surface area contributed by atoms with E-state index in [2.05, 4.69) is 30.6 Å². The third-order valence-corrected chi connectivity index (χ3v) is 4.67. The van der Waals surface area contributed by atoms with E-state index >= 15 is 0 Å². The standard InChI is InChI=1S/C13H21NOS/c1-9-3-4-11(7-9)14-12(8-15)13-10(2)5-6-16-13/h5-6,9,11-12,14-15H,3-4,7-8H2,1-2H3. The van der Waals surface area contributed by atoms with E-state index in [1.54, 1.807) is 11.3 Å². The highest BCUT2D eigenvalue weighted by molar-refractivity contribution is 7.10. The second-order valence-corrected chi connectivity index (χ2v) is 5.93. The number of aliphatic hydroxyl groups is 1. The van der Waals surface area contributed by atoms with Crippen LogP contribution in [0.3, 0.4) is 0 Å². The van der Waals surface area contributed by atoms with E-state index in [1.807, 2.05) is 0 Å². The highest BCUT2D eigenvalue weighted by atomic mass is 32.1. The van der Waals surface area contributed by atoms with E-state index in [1.165, 1.54) is 29.7 Å². The first-order chi connectivity index (χ1) is 7.70. The number of rotatable bonds is 4. The Kier molecular flexibility index (Phi) is 4.00. The summed E-state index contributed by atoms with van der Waals surface area (Å²) in [4.78, 5) is 1.29. The molecule has 1 fully saturated rings. The Morgan fingerprint density at radius 1 is 1.56 bits per heavy atom. The lowest BCUT2D eigenvalue weighted by Crippen LogP contribution is -2.32. The Hall–Kier alpha value is -0.380. The van der Waals surface area contributed by atoms with Gasteiger partial charge in [-0.15, -0.1) is 11.3 Å². The second-order valence-electron chi connectivity index (χ2n) is 4.98. The van der Waals surface area contributed by atoms with Crippen molar-refractivity contribution in [2.45, 2.75) is 45.2 Å². The van der Waals surface area contributed by atoms with Gasteiger partial charge < -0.3 is 10.4 Å². The van der Waals surface area contributed by atoms with Gasteiger partial charge in [0.1, 0.15) is 0 Å². The molecule has 1 aromatic heterocycles. The molecule has 3 heteroatoms. The number of hydrogen-bond acceptors (Lipinski definition) is 3. The molecule has 0 spiro atoms. The molecule has 1 heterocycles. The maximum absolute atomic E-state index is 9.49. The summed E-state index contributed by atoms with van der Waals surface area (Å²) in [5, 5.41) is 15.2. The molecule has 3 atom stereocenters. The Labute approximate surface area is 102 Å². The van der Waals surface area contributed by atoms with Crippen LogP contribution in [0.2, 0.25) is 0 Å². The van der Waals surface area contributed by atoms with Crippen molar-refractivity contribution in [2.75, 3.05) is 6.61 Å². The number of aliphatic hydroxyl groups excluding tert-OH is 1. The maximum atomic E-state index is 9.49. The SMILES string of the molecule is Cc1ccsc1C(CO)NC1CCC(C)C1. The summed E-state index contributed by atoms with van der Waals surface area (Å²) < 4.78 is 0. The summed E-state index contributed by atoms with van der Waals surface area (Å²) >= 11 is 1.74. The molecule has 1 aliphatic carbocycles. The molecule has 1 saturated carbocycles. The number of thiophene rings is 1. The van der Waals surface area contributed by atoms with Crippen LogP contribution in [0.4, 0.5) is 0 Å². The molecule has 0 bridgehead atoms. The van der Waals surface area contributed by atoms with Gasteiger partial charge in [-0.25, -0.2) is 0 Å². The van der Waals surface area contributed by atoms with Crippen LogP contribution in [0.5, 0.6) is 0 Å². The van der Waals surface area contributed by atoms with Gasteiger partial charge in [0.2, 0.25) is 0 Å². The fourth-order valence-electron chi connectivity index (χ4n) is 2.60. The smallest absolute Gasteiger partial charge is 0.0654 e. The summed E-state index contributed by atoms with van der Waals surface area (Å²) in [5.41, 5.74) is 1.29. The molecule has 0 aliphatic heterocycles. The Balaban J connectivity index is 1.98. The van der Waals surface area contributed by atoms with Crippen molar-refractivity contribution in [3.8, 4) is 0 Å². The number of hydrogen-bond donors (Lipinski definition) is 2. The van der Waals surface area contributed by atoms with Gasteiger partial charge in [-0.2, -0.15) is 0 Å². The summed E-state index contributed by atoms with van der Waals surface area (Å²) in [5.74, 6) is 0.835. The zero-order valence-electron chi connectivity index (χ0n) is 10.1. The quantitative estimate of drug-likeness (QED) is 0.847. The molecule has 0 amide bonds. The predicted octanol–water partition coefficient (Wildman–Crippen LogP) is 2.87. The van der Waals surface area contributed by atoms with Crippen LogP contribution < -0.4 is 5.32 Å². The first kappa shape index (κ1) is 12.1. The summed E-state index contributed by atoms with van der Waals surface area (Å²) in [6.45, 7) is 4.63. The van der Waals surface area contributed by atoms with Gasteiger partial charge in [0.05, 0.1) is 12.6 Å². The van der Waals surface area contributed by atoms with Gasteiger partial charge in [-0.05, 0) is 49.1 Å². The van der Waals surface area contributed by atoms with Crippen LogP contribution >= 0.6 is 11.3 Å². The van der Waals surface area contributed by atoms with Gasteiger partial charge in [0, 0.05) is 10.9 Å². The molecule has 2 N–H and O–H groups in total. The van der Waals surface area contributed by atoms with Crippen molar-refractivity contribution in [2.24, 2.45) is 5.92 Å². The van der Waals surface area contributed by atoms with E-state index < -0.39 is 0 Å². The predicted molar refractivity (Wildman–Crippen MR) is 68.8 cm³/mol. The third kappa shape index (κ3) is 2.65. The minimum atomic E-state index is 0.135. The van der Waals surface area contributed by atoms with Crippen LogP contribution in [0.25, 0.3) is 0 Å². The Morgan fingerprint density at radius 2 is 2.38 bits per heavy atom. The fourth-order valence-corrected chi connectivity index (χ4v) is 3.58. The van der Waals surface area contributed by atoms with Crippen molar-refractivity contribution in [1.82, 2.24) is 5.32 Å². The molecule has 2 rings (SSSR count). The molecule has 0 saturated heterocycles. The average molecular weight is 239 g/mol. The molecule has 16 heavy (non-hydrogen) atoms. The van der Waals surface area contributed by atoms with Crippen LogP contribution in [0.1, 0.15) is 42.7 Å². The Bertz CT molecular complexity index is 336. The fraction of sp³-hybridized carbons (Fsp3) is 0.692. The topological polar surface area (TPSA) is 32.3 Å². The molecule has 0 aromatic carbocycles. The third-order valence-electron chi connectivity index (χ3n) is 3.53. The maximum Gasteiger partial charge on any atom is 0.0654 e. The monoisotopic (exact) mass is 239 g/mol. The summed E-state index contributed by atoms with van der Waals surface area (Å²) in [7, 11) is 0. The number of aryl methyl sites for hydroxylation is 1. The largest absolute Gasteiger partial charge is 0.394 e. The van der Waals surface area contributed by atoms with E-state index in [9.17, 15) is 5.11 Å². The lowest BCUT2D eigenvalue weighted by atomic mass is 10.1. The molecule has 2 nitrogen and oxygen atoms in total. The normalized spacial score (nSPS) is 27.2. The van der Waals surface area contributed by atoms with Crippen molar-refractivity contribution < 1.29 is 5.11 Å². The first-order valence-electron chi connectivity index (χ1n) is 6.11. The molecule has 0 radical (unpaired) electrons. The van der Waals surface area contributed by atoms with Crippen LogP contribution in [0.15, 0.2) is 11.4 Å². The van der Waals surface area contributed by atoms with Crippen molar-refractivity contribution in [3.63, 3.8) is 0 Å². The zero-order valence-corrected chi connectivity index (χ0v) is 10.9.